The Labute approximate surface area is 69.4 Å². The molecule has 3 rings (SSSR count). The van der Waals surface area contributed by atoms with E-state index in [4.69, 9.17) is 0 Å². The molecular weight excluding hydrogens is 132 g/mol. The predicted molar refractivity (Wildman–Crippen MR) is 46.2 cm³/mol. The average molecular weight is 150 g/mol. The van der Waals surface area contributed by atoms with Gasteiger partial charge >= 0.3 is 0 Å². The molecule has 0 aromatic carbocycles. The molecule has 0 aromatic heterocycles. The van der Waals surface area contributed by atoms with Gasteiger partial charge < -0.3 is 0 Å². The maximum atomic E-state index is 2.46. The fraction of sp³-hybridized carbons (Fsp3) is 1.00. The smallest absolute Gasteiger partial charge is 0.0329 e. The van der Waals surface area contributed by atoms with Crippen LogP contribution in [-0.4, -0.2) is 0 Å². The first-order valence-electron chi connectivity index (χ1n) is 5.36. The van der Waals surface area contributed by atoms with Crippen LogP contribution in [0.5, 0.6) is 0 Å². The highest BCUT2D eigenvalue weighted by Crippen LogP contribution is 2.62. The van der Waals surface area contributed by atoms with Crippen LogP contribution < -0.4 is 0 Å². The number of hydrogen-bond acceptors (Lipinski definition) is 0. The summed E-state index contributed by atoms with van der Waals surface area (Å²) >= 11 is 0. The van der Waals surface area contributed by atoms with Crippen LogP contribution in [0.15, 0.2) is 0 Å². The van der Waals surface area contributed by atoms with Crippen molar-refractivity contribution in [3.8, 4) is 0 Å². The lowest BCUT2D eigenvalue weighted by molar-refractivity contribution is -0.121. The molecule has 3 fully saturated rings. The lowest BCUT2D eigenvalue weighted by Crippen LogP contribution is -2.54. The fourth-order valence-corrected chi connectivity index (χ4v) is 3.77. The average Bonchev–Trinajstić information content (AvgIpc) is 1.79. The Morgan fingerprint density at radius 1 is 1.00 bits per heavy atom. The van der Waals surface area contributed by atoms with E-state index in [1.807, 2.05) is 0 Å². The topological polar surface area (TPSA) is 0 Å². The van der Waals surface area contributed by atoms with Crippen LogP contribution in [0, 0.1) is 29.6 Å². The molecule has 0 aliphatic heterocycles. The van der Waals surface area contributed by atoms with Crippen molar-refractivity contribution >= 4 is 0 Å². The van der Waals surface area contributed by atoms with E-state index in [1.54, 1.807) is 25.7 Å². The van der Waals surface area contributed by atoms with Gasteiger partial charge in [-0.1, -0.05) is 26.2 Å². The summed E-state index contributed by atoms with van der Waals surface area (Å²) in [6, 6.07) is 0. The molecule has 0 aromatic rings. The molecule has 0 bridgehead atoms. The van der Waals surface area contributed by atoms with Gasteiger partial charge in [-0.2, -0.15) is 0 Å². The van der Waals surface area contributed by atoms with Crippen molar-refractivity contribution in [1.82, 2.24) is 0 Å². The first-order valence-corrected chi connectivity index (χ1v) is 5.36. The summed E-state index contributed by atoms with van der Waals surface area (Å²) < 4.78 is 0. The zero-order valence-electron chi connectivity index (χ0n) is 7.42. The summed E-state index contributed by atoms with van der Waals surface area (Å²) in [4.78, 5) is 0. The van der Waals surface area contributed by atoms with E-state index < -0.39 is 0 Å². The van der Waals surface area contributed by atoms with Crippen molar-refractivity contribution in [2.24, 2.45) is 29.6 Å². The summed E-state index contributed by atoms with van der Waals surface area (Å²) in [6.45, 7) is 2.46. The molecule has 3 aliphatic carbocycles. The standard InChI is InChI=1S/C11H18/c1-7-5-9-6-10(11(7)9)8-3-2-4-8/h7-11H,2-6H2,1H3. The van der Waals surface area contributed by atoms with Gasteiger partial charge in [0.25, 0.3) is 0 Å². The Balaban J connectivity index is 1.64. The van der Waals surface area contributed by atoms with E-state index in [2.05, 4.69) is 6.92 Å². The van der Waals surface area contributed by atoms with Gasteiger partial charge in [0.1, 0.15) is 0 Å². The van der Waals surface area contributed by atoms with Gasteiger partial charge in [0.15, 0.2) is 0 Å². The van der Waals surface area contributed by atoms with E-state index in [-0.39, 0.29) is 0 Å². The summed E-state index contributed by atoms with van der Waals surface area (Å²) in [5, 5.41) is 0. The maximum Gasteiger partial charge on any atom is -0.0329 e. The SMILES string of the molecule is CC1CC2CC(C3CCC3)C12. The molecular formula is C11H18. The minimum absolute atomic E-state index is 1.10. The molecule has 0 radical (unpaired) electrons. The minimum atomic E-state index is 1.10. The minimum Gasteiger partial charge on any atom is -0.0622 e. The number of rotatable bonds is 1. The first-order chi connectivity index (χ1) is 5.36. The van der Waals surface area contributed by atoms with Crippen LogP contribution in [0.3, 0.4) is 0 Å². The highest BCUT2D eigenvalue weighted by Gasteiger charge is 2.54. The van der Waals surface area contributed by atoms with Gasteiger partial charge in [0, 0.05) is 0 Å². The van der Waals surface area contributed by atoms with E-state index in [0.29, 0.717) is 0 Å². The van der Waals surface area contributed by atoms with Crippen molar-refractivity contribution in [3.05, 3.63) is 0 Å². The highest BCUT2D eigenvalue weighted by atomic mass is 14.6. The molecule has 0 heterocycles. The molecule has 11 heavy (non-hydrogen) atoms. The quantitative estimate of drug-likeness (QED) is 0.539. The van der Waals surface area contributed by atoms with Gasteiger partial charge in [-0.25, -0.2) is 0 Å². The molecule has 0 saturated heterocycles. The van der Waals surface area contributed by atoms with Crippen molar-refractivity contribution < 1.29 is 0 Å². The first kappa shape index (κ1) is 6.51. The zero-order valence-corrected chi connectivity index (χ0v) is 7.42. The molecule has 3 aliphatic rings. The molecule has 4 unspecified atom stereocenters. The zero-order chi connectivity index (χ0) is 7.42. The monoisotopic (exact) mass is 150 g/mol. The Morgan fingerprint density at radius 2 is 1.82 bits per heavy atom. The predicted octanol–water partition coefficient (Wildman–Crippen LogP) is 3.08. The largest absolute Gasteiger partial charge is 0.0622 e. The van der Waals surface area contributed by atoms with Crippen LogP contribution in [-0.2, 0) is 0 Å². The Morgan fingerprint density at radius 3 is 2.27 bits per heavy atom. The van der Waals surface area contributed by atoms with Crippen molar-refractivity contribution in [3.63, 3.8) is 0 Å². The molecule has 0 amide bonds. The van der Waals surface area contributed by atoms with Gasteiger partial charge in [-0.3, -0.25) is 0 Å². The van der Waals surface area contributed by atoms with E-state index in [9.17, 15) is 0 Å². The molecule has 0 heteroatoms. The second-order valence-corrected chi connectivity index (χ2v) is 5.14. The lowest BCUT2D eigenvalue weighted by atomic mass is 9.44. The number of fused-ring (bicyclic) bond motifs is 1. The third-order valence-corrected chi connectivity index (χ3v) is 4.70. The molecule has 4 atom stereocenters. The summed E-state index contributed by atoms with van der Waals surface area (Å²) in [7, 11) is 0. The summed E-state index contributed by atoms with van der Waals surface area (Å²) in [5.41, 5.74) is 0. The molecule has 62 valence electrons. The van der Waals surface area contributed by atoms with E-state index in [0.717, 1.165) is 5.92 Å². The van der Waals surface area contributed by atoms with Gasteiger partial charge in [-0.05, 0) is 42.4 Å². The third-order valence-electron chi connectivity index (χ3n) is 4.70. The normalized spacial score (nSPS) is 55.4. The molecule has 3 saturated carbocycles. The molecule has 0 spiro atoms. The number of hydrogen-bond donors (Lipinski definition) is 0. The van der Waals surface area contributed by atoms with Crippen molar-refractivity contribution in [2.45, 2.75) is 39.0 Å². The van der Waals surface area contributed by atoms with E-state index in [1.165, 1.54) is 30.1 Å². The Kier molecular flexibility index (Phi) is 1.20. The van der Waals surface area contributed by atoms with E-state index >= 15 is 0 Å². The van der Waals surface area contributed by atoms with Crippen molar-refractivity contribution in [1.29, 1.82) is 0 Å². The van der Waals surface area contributed by atoms with Gasteiger partial charge in [0.2, 0.25) is 0 Å². The van der Waals surface area contributed by atoms with Gasteiger partial charge in [-0.15, -0.1) is 0 Å². The second kappa shape index (κ2) is 2.02. The third kappa shape index (κ3) is 0.711. The summed E-state index contributed by atoms with van der Waals surface area (Å²) in [5.74, 6) is 5.85. The molecule has 0 N–H and O–H groups in total. The second-order valence-electron chi connectivity index (χ2n) is 5.14. The van der Waals surface area contributed by atoms with Crippen LogP contribution in [0.25, 0.3) is 0 Å². The fourth-order valence-electron chi connectivity index (χ4n) is 3.77. The van der Waals surface area contributed by atoms with Gasteiger partial charge in [0.05, 0.1) is 0 Å². The van der Waals surface area contributed by atoms with Crippen LogP contribution in [0.4, 0.5) is 0 Å². The highest BCUT2D eigenvalue weighted by molar-refractivity contribution is 5.03. The lowest BCUT2D eigenvalue weighted by Gasteiger charge is -2.61. The van der Waals surface area contributed by atoms with Crippen molar-refractivity contribution in [2.75, 3.05) is 0 Å². The summed E-state index contributed by atoms with van der Waals surface area (Å²) in [6.07, 6.45) is 7.85. The van der Waals surface area contributed by atoms with Crippen LogP contribution in [0.2, 0.25) is 0 Å². The van der Waals surface area contributed by atoms with Crippen LogP contribution >= 0.6 is 0 Å². The van der Waals surface area contributed by atoms with Crippen LogP contribution in [0.1, 0.15) is 39.0 Å². The Hall–Kier alpha value is 0. The molecule has 0 nitrogen and oxygen atoms in total. The Bertz CT molecular complexity index is 165. The maximum absolute atomic E-state index is 2.46.